The summed E-state index contributed by atoms with van der Waals surface area (Å²) in [6.45, 7) is 2.00. The number of rotatable bonds is 5. The fraction of sp³-hybridized carbons (Fsp3) is 0.400. The summed E-state index contributed by atoms with van der Waals surface area (Å²) < 4.78 is 7.02. The maximum absolute atomic E-state index is 12.2. The predicted molar refractivity (Wildman–Crippen MR) is 80.1 cm³/mol. The van der Waals surface area contributed by atoms with Gasteiger partial charge < -0.3 is 9.30 Å². The second kappa shape index (κ2) is 5.89. The van der Waals surface area contributed by atoms with E-state index in [4.69, 9.17) is 4.74 Å². The van der Waals surface area contributed by atoms with Crippen LogP contribution in [0.15, 0.2) is 35.7 Å². The molecule has 6 heteroatoms. The average molecular weight is 303 g/mol. The molecule has 0 N–H and O–H groups in total. The topological polar surface area (TPSA) is 57.0 Å². The molecule has 1 saturated carbocycles. The highest BCUT2D eigenvalue weighted by Crippen LogP contribution is 2.41. The normalized spacial score (nSPS) is 15.7. The van der Waals surface area contributed by atoms with Crippen LogP contribution >= 0.6 is 11.8 Å². The average Bonchev–Trinajstić information content (AvgIpc) is 3.24. The van der Waals surface area contributed by atoms with Gasteiger partial charge in [0.05, 0.1) is 7.11 Å². The van der Waals surface area contributed by atoms with Crippen LogP contribution in [0.5, 0.6) is 0 Å². The highest BCUT2D eigenvalue weighted by molar-refractivity contribution is 8.00. The smallest absolute Gasteiger partial charge is 0.323 e. The molecule has 1 aromatic heterocycles. The van der Waals surface area contributed by atoms with Crippen LogP contribution in [0.4, 0.5) is 0 Å². The van der Waals surface area contributed by atoms with Gasteiger partial charge in [-0.05, 0) is 30.9 Å². The molecule has 1 aromatic carbocycles. The zero-order valence-electron chi connectivity index (χ0n) is 12.0. The summed E-state index contributed by atoms with van der Waals surface area (Å²) in [5.74, 6) is -0.264. The van der Waals surface area contributed by atoms with Crippen molar-refractivity contribution in [2.24, 2.45) is 0 Å². The molecule has 1 fully saturated rings. The summed E-state index contributed by atoms with van der Waals surface area (Å²) in [6.07, 6.45) is 4.05. The molecule has 21 heavy (non-hydrogen) atoms. The summed E-state index contributed by atoms with van der Waals surface area (Å²) in [5, 5.41) is 8.49. The Hall–Kier alpha value is -1.82. The van der Waals surface area contributed by atoms with E-state index in [0.29, 0.717) is 6.04 Å². The van der Waals surface area contributed by atoms with Gasteiger partial charge in [0.2, 0.25) is 0 Å². The molecule has 0 amide bonds. The van der Waals surface area contributed by atoms with Crippen molar-refractivity contribution in [3.63, 3.8) is 0 Å². The Morgan fingerprint density at radius 2 is 2.19 bits per heavy atom. The molecule has 1 atom stereocenters. The Kier molecular flexibility index (Phi) is 3.96. The van der Waals surface area contributed by atoms with Crippen LogP contribution in [-0.2, 0) is 9.53 Å². The molecule has 2 aromatic rings. The van der Waals surface area contributed by atoms with Crippen LogP contribution in [0, 0.1) is 6.92 Å². The SMILES string of the molecule is COC(=O)[C@@H](Sc1nncn1C1CC1)c1ccccc1C. The third kappa shape index (κ3) is 2.95. The quantitative estimate of drug-likeness (QED) is 0.628. The Balaban J connectivity index is 1.91. The maximum atomic E-state index is 12.2. The summed E-state index contributed by atoms with van der Waals surface area (Å²) in [6, 6.07) is 8.34. The molecule has 0 radical (unpaired) electrons. The van der Waals surface area contributed by atoms with Crippen LogP contribution < -0.4 is 0 Å². The van der Waals surface area contributed by atoms with Gasteiger partial charge in [0.25, 0.3) is 0 Å². The zero-order chi connectivity index (χ0) is 14.8. The van der Waals surface area contributed by atoms with E-state index in [-0.39, 0.29) is 5.97 Å². The minimum Gasteiger partial charge on any atom is -0.468 e. The van der Waals surface area contributed by atoms with E-state index in [0.717, 1.165) is 29.1 Å². The van der Waals surface area contributed by atoms with Crippen molar-refractivity contribution in [1.29, 1.82) is 0 Å². The monoisotopic (exact) mass is 303 g/mol. The van der Waals surface area contributed by atoms with Crippen LogP contribution in [0.2, 0.25) is 0 Å². The number of aromatic nitrogens is 3. The highest BCUT2D eigenvalue weighted by Gasteiger charge is 2.30. The molecular weight excluding hydrogens is 286 g/mol. The zero-order valence-corrected chi connectivity index (χ0v) is 12.8. The first-order chi connectivity index (χ1) is 10.2. The molecule has 1 heterocycles. The number of nitrogens with zero attached hydrogens (tertiary/aromatic N) is 3. The minimum absolute atomic E-state index is 0.264. The number of ether oxygens (including phenoxy) is 1. The lowest BCUT2D eigenvalue weighted by Gasteiger charge is -2.16. The van der Waals surface area contributed by atoms with E-state index < -0.39 is 5.25 Å². The van der Waals surface area contributed by atoms with Crippen molar-refractivity contribution in [2.75, 3.05) is 7.11 Å². The van der Waals surface area contributed by atoms with E-state index in [1.165, 1.54) is 18.9 Å². The van der Waals surface area contributed by atoms with Gasteiger partial charge in [-0.25, -0.2) is 0 Å². The lowest BCUT2D eigenvalue weighted by molar-refractivity contribution is -0.140. The van der Waals surface area contributed by atoms with E-state index in [1.54, 1.807) is 6.33 Å². The molecule has 1 aliphatic rings. The first-order valence-electron chi connectivity index (χ1n) is 6.90. The van der Waals surface area contributed by atoms with Crippen molar-refractivity contribution >= 4 is 17.7 Å². The number of hydrogen-bond donors (Lipinski definition) is 0. The molecule has 3 rings (SSSR count). The summed E-state index contributed by atoms with van der Waals surface area (Å²) in [5.41, 5.74) is 2.03. The number of carbonyl (C=O) groups is 1. The lowest BCUT2D eigenvalue weighted by Crippen LogP contribution is -2.13. The first kappa shape index (κ1) is 14.1. The van der Waals surface area contributed by atoms with Gasteiger partial charge in [0, 0.05) is 6.04 Å². The molecule has 0 aliphatic heterocycles. The van der Waals surface area contributed by atoms with E-state index in [2.05, 4.69) is 14.8 Å². The molecule has 1 aliphatic carbocycles. The number of benzene rings is 1. The van der Waals surface area contributed by atoms with E-state index >= 15 is 0 Å². The molecule has 0 unspecified atom stereocenters. The van der Waals surface area contributed by atoms with Crippen LogP contribution in [0.25, 0.3) is 0 Å². The van der Waals surface area contributed by atoms with E-state index in [9.17, 15) is 4.79 Å². The Morgan fingerprint density at radius 1 is 1.43 bits per heavy atom. The van der Waals surface area contributed by atoms with Gasteiger partial charge in [-0.3, -0.25) is 4.79 Å². The van der Waals surface area contributed by atoms with Crippen LogP contribution in [0.1, 0.15) is 35.3 Å². The van der Waals surface area contributed by atoms with E-state index in [1.807, 2.05) is 31.2 Å². The number of hydrogen-bond acceptors (Lipinski definition) is 5. The Labute approximate surface area is 127 Å². The number of carbonyl (C=O) groups excluding carboxylic acids is 1. The van der Waals surface area contributed by atoms with Crippen molar-refractivity contribution in [3.8, 4) is 0 Å². The second-order valence-electron chi connectivity index (χ2n) is 5.13. The van der Waals surface area contributed by atoms with Gasteiger partial charge in [-0.1, -0.05) is 36.0 Å². The molecule has 0 spiro atoms. The lowest BCUT2D eigenvalue weighted by atomic mass is 10.1. The standard InChI is InChI=1S/C15H17N3O2S/c1-10-5-3-4-6-12(10)13(14(19)20-2)21-15-17-16-9-18(15)11-7-8-11/h3-6,9,11,13H,7-8H2,1-2H3/t13-/m0/s1. The van der Waals surface area contributed by atoms with Gasteiger partial charge in [-0.2, -0.15) is 0 Å². The maximum Gasteiger partial charge on any atom is 0.323 e. The van der Waals surface area contributed by atoms with Crippen molar-refractivity contribution < 1.29 is 9.53 Å². The van der Waals surface area contributed by atoms with Gasteiger partial charge in [0.1, 0.15) is 11.6 Å². The molecule has 5 nitrogen and oxygen atoms in total. The molecule has 0 bridgehead atoms. The Bertz CT molecular complexity index is 652. The minimum atomic E-state index is -0.419. The number of aryl methyl sites for hydroxylation is 1. The number of methoxy groups -OCH3 is 1. The third-order valence-electron chi connectivity index (χ3n) is 3.59. The van der Waals surface area contributed by atoms with Gasteiger partial charge in [0.15, 0.2) is 5.16 Å². The first-order valence-corrected chi connectivity index (χ1v) is 7.78. The Morgan fingerprint density at radius 3 is 2.86 bits per heavy atom. The molecule has 0 saturated heterocycles. The largest absolute Gasteiger partial charge is 0.468 e. The predicted octanol–water partition coefficient (Wildman–Crippen LogP) is 2.93. The molecular formula is C15H17N3O2S. The fourth-order valence-corrected chi connectivity index (χ4v) is 3.46. The summed E-state index contributed by atoms with van der Waals surface area (Å²) in [7, 11) is 1.42. The number of esters is 1. The van der Waals surface area contributed by atoms with Crippen molar-refractivity contribution in [1.82, 2.24) is 14.8 Å². The molecule has 110 valence electrons. The van der Waals surface area contributed by atoms with Gasteiger partial charge >= 0.3 is 5.97 Å². The fourth-order valence-electron chi connectivity index (χ4n) is 2.25. The van der Waals surface area contributed by atoms with Gasteiger partial charge in [-0.15, -0.1) is 10.2 Å². The van der Waals surface area contributed by atoms with Crippen molar-refractivity contribution in [3.05, 3.63) is 41.7 Å². The van der Waals surface area contributed by atoms with Crippen molar-refractivity contribution in [2.45, 2.75) is 36.2 Å². The highest BCUT2D eigenvalue weighted by atomic mass is 32.2. The number of thioether (sulfide) groups is 1. The van der Waals surface area contributed by atoms with Crippen LogP contribution in [-0.4, -0.2) is 27.8 Å². The van der Waals surface area contributed by atoms with Crippen LogP contribution in [0.3, 0.4) is 0 Å². The second-order valence-corrected chi connectivity index (χ2v) is 6.20. The summed E-state index contributed by atoms with van der Waals surface area (Å²) >= 11 is 1.41. The summed E-state index contributed by atoms with van der Waals surface area (Å²) in [4.78, 5) is 12.2. The third-order valence-corrected chi connectivity index (χ3v) is 4.78.